The van der Waals surface area contributed by atoms with Gasteiger partial charge in [0, 0.05) is 31.0 Å². The Morgan fingerprint density at radius 3 is 2.14 bits per heavy atom. The van der Waals surface area contributed by atoms with Crippen LogP contribution in [0, 0.1) is 0 Å². The second-order valence-electron chi connectivity index (χ2n) is 11.3. The molecule has 228 valence electrons. The molecule has 1 saturated heterocycles. The van der Waals surface area contributed by atoms with Crippen LogP contribution in [0.2, 0.25) is 0 Å². The highest BCUT2D eigenvalue weighted by atomic mass is 16.7. The van der Waals surface area contributed by atoms with Crippen molar-refractivity contribution in [3.63, 3.8) is 0 Å². The molecule has 0 amide bonds. The van der Waals surface area contributed by atoms with Crippen LogP contribution in [0.5, 0.6) is 5.75 Å². The van der Waals surface area contributed by atoms with Gasteiger partial charge in [0.25, 0.3) is 0 Å². The summed E-state index contributed by atoms with van der Waals surface area (Å²) in [5, 5.41) is 1.12. The Bertz CT molecular complexity index is 1270. The molecule has 1 aliphatic rings. The van der Waals surface area contributed by atoms with Gasteiger partial charge in [-0.3, -0.25) is 4.98 Å². The number of ether oxygens (including phenoxy) is 5. The SMILES string of the molecule is c1ccc(COC2CC(COCCCCCCCCOc3ccc4ncccc4c3)OC(OCc3ccccc3)C2)cc1. The van der Waals surface area contributed by atoms with Gasteiger partial charge in [-0.15, -0.1) is 0 Å². The van der Waals surface area contributed by atoms with Gasteiger partial charge in [0.15, 0.2) is 6.29 Å². The summed E-state index contributed by atoms with van der Waals surface area (Å²) in [6.07, 6.45) is 10.0. The maximum atomic E-state index is 6.30. The quantitative estimate of drug-likeness (QED) is 0.110. The van der Waals surface area contributed by atoms with Gasteiger partial charge in [-0.25, -0.2) is 0 Å². The van der Waals surface area contributed by atoms with E-state index in [2.05, 4.69) is 41.4 Å². The van der Waals surface area contributed by atoms with E-state index in [1.54, 1.807) is 0 Å². The van der Waals surface area contributed by atoms with Gasteiger partial charge in [-0.05, 0) is 48.2 Å². The fourth-order valence-corrected chi connectivity index (χ4v) is 5.39. The van der Waals surface area contributed by atoms with E-state index in [0.29, 0.717) is 19.8 Å². The summed E-state index contributed by atoms with van der Waals surface area (Å²) < 4.78 is 30.7. The monoisotopic (exact) mass is 583 g/mol. The first-order valence-electron chi connectivity index (χ1n) is 15.8. The number of hydrogen-bond donors (Lipinski definition) is 0. The smallest absolute Gasteiger partial charge is 0.160 e. The summed E-state index contributed by atoms with van der Waals surface area (Å²) >= 11 is 0. The maximum absolute atomic E-state index is 6.30. The molecular weight excluding hydrogens is 538 g/mol. The van der Waals surface area contributed by atoms with Crippen LogP contribution in [0.4, 0.5) is 0 Å². The van der Waals surface area contributed by atoms with Gasteiger partial charge < -0.3 is 23.7 Å². The standard InChI is InChI=1S/C37H45NO5/c1(2-4-12-23-40-33-19-20-36-32(24-33)18-13-21-38-36)3-11-22-39-29-35-25-34(41-27-30-14-7-5-8-15-30)26-37(43-35)42-28-31-16-9-6-10-17-31/h5-10,13-21,24,34-35,37H,1-4,11-12,22-23,25-29H2. The Labute approximate surface area is 256 Å². The van der Waals surface area contributed by atoms with Crippen molar-refractivity contribution < 1.29 is 23.7 Å². The molecule has 6 nitrogen and oxygen atoms in total. The minimum Gasteiger partial charge on any atom is -0.494 e. The first-order chi connectivity index (χ1) is 21.3. The topological polar surface area (TPSA) is 59.0 Å². The van der Waals surface area contributed by atoms with Gasteiger partial charge in [0.05, 0.1) is 44.2 Å². The van der Waals surface area contributed by atoms with E-state index in [9.17, 15) is 0 Å². The largest absolute Gasteiger partial charge is 0.494 e. The van der Waals surface area contributed by atoms with Crippen molar-refractivity contribution in [3.05, 3.63) is 108 Å². The van der Waals surface area contributed by atoms with Crippen LogP contribution in [-0.2, 0) is 32.2 Å². The lowest BCUT2D eigenvalue weighted by molar-refractivity contribution is -0.236. The first-order valence-corrected chi connectivity index (χ1v) is 15.8. The van der Waals surface area contributed by atoms with Crippen LogP contribution in [0.3, 0.4) is 0 Å². The van der Waals surface area contributed by atoms with E-state index in [-0.39, 0.29) is 18.5 Å². The van der Waals surface area contributed by atoms with Crippen LogP contribution in [-0.4, -0.2) is 43.3 Å². The summed E-state index contributed by atoms with van der Waals surface area (Å²) in [6.45, 7) is 3.20. The van der Waals surface area contributed by atoms with E-state index in [1.807, 2.05) is 60.8 Å². The van der Waals surface area contributed by atoms with Gasteiger partial charge in [0.1, 0.15) is 5.75 Å². The Morgan fingerprint density at radius 2 is 1.37 bits per heavy atom. The lowest BCUT2D eigenvalue weighted by Crippen LogP contribution is -2.40. The van der Waals surface area contributed by atoms with Crippen LogP contribution in [0.15, 0.2) is 97.2 Å². The number of aromatic nitrogens is 1. The normalized spacial score (nSPS) is 18.6. The Balaban J connectivity index is 0.937. The second kappa shape index (κ2) is 17.7. The van der Waals surface area contributed by atoms with E-state index < -0.39 is 0 Å². The van der Waals surface area contributed by atoms with E-state index in [0.717, 1.165) is 61.1 Å². The number of hydrogen-bond acceptors (Lipinski definition) is 6. The summed E-state index contributed by atoms with van der Waals surface area (Å²) in [5.74, 6) is 0.919. The summed E-state index contributed by atoms with van der Waals surface area (Å²) in [5.41, 5.74) is 3.32. The molecule has 1 fully saturated rings. The molecule has 43 heavy (non-hydrogen) atoms. The number of unbranched alkanes of at least 4 members (excludes halogenated alkanes) is 5. The molecule has 6 heteroatoms. The molecule has 0 N–H and O–H groups in total. The molecule has 1 aliphatic heterocycles. The minimum absolute atomic E-state index is 0.0332. The number of rotatable bonds is 18. The maximum Gasteiger partial charge on any atom is 0.160 e. The third-order valence-corrected chi connectivity index (χ3v) is 7.76. The highest BCUT2D eigenvalue weighted by molar-refractivity contribution is 5.79. The molecule has 0 spiro atoms. The van der Waals surface area contributed by atoms with Gasteiger partial charge in [-0.1, -0.05) is 92.4 Å². The fraction of sp³-hybridized carbons (Fsp3) is 0.432. The molecule has 0 saturated carbocycles. The van der Waals surface area contributed by atoms with Crippen molar-refractivity contribution in [3.8, 4) is 5.75 Å². The molecule has 3 atom stereocenters. The van der Waals surface area contributed by atoms with Crippen LogP contribution in [0.1, 0.15) is 62.5 Å². The highest BCUT2D eigenvalue weighted by Crippen LogP contribution is 2.25. The predicted octanol–water partition coefficient (Wildman–Crippen LogP) is 8.28. The third kappa shape index (κ3) is 11.0. The molecule has 0 bridgehead atoms. The van der Waals surface area contributed by atoms with Crippen LogP contribution in [0.25, 0.3) is 10.9 Å². The van der Waals surface area contributed by atoms with E-state index in [4.69, 9.17) is 23.7 Å². The lowest BCUT2D eigenvalue weighted by Gasteiger charge is -2.35. The number of nitrogens with zero attached hydrogens (tertiary/aromatic N) is 1. The highest BCUT2D eigenvalue weighted by Gasteiger charge is 2.31. The van der Waals surface area contributed by atoms with Crippen molar-refractivity contribution in [1.82, 2.24) is 4.98 Å². The van der Waals surface area contributed by atoms with Crippen molar-refractivity contribution in [2.24, 2.45) is 0 Å². The summed E-state index contributed by atoms with van der Waals surface area (Å²) in [7, 11) is 0. The third-order valence-electron chi connectivity index (χ3n) is 7.76. The zero-order valence-corrected chi connectivity index (χ0v) is 25.2. The van der Waals surface area contributed by atoms with Gasteiger partial charge in [-0.2, -0.15) is 0 Å². The fourth-order valence-electron chi connectivity index (χ4n) is 5.39. The number of pyridine rings is 1. The molecule has 5 rings (SSSR count). The van der Waals surface area contributed by atoms with E-state index in [1.165, 1.54) is 31.2 Å². The predicted molar refractivity (Wildman–Crippen MR) is 170 cm³/mol. The van der Waals surface area contributed by atoms with Crippen molar-refractivity contribution >= 4 is 10.9 Å². The van der Waals surface area contributed by atoms with Crippen molar-refractivity contribution in [2.45, 2.75) is 83.1 Å². The average molecular weight is 584 g/mol. The molecule has 4 aromatic rings. The molecule has 3 unspecified atom stereocenters. The Morgan fingerprint density at radius 1 is 0.674 bits per heavy atom. The van der Waals surface area contributed by atoms with Crippen LogP contribution >= 0.6 is 0 Å². The molecule has 3 aromatic carbocycles. The second-order valence-corrected chi connectivity index (χ2v) is 11.3. The van der Waals surface area contributed by atoms with E-state index >= 15 is 0 Å². The van der Waals surface area contributed by atoms with Crippen molar-refractivity contribution in [2.75, 3.05) is 19.8 Å². The average Bonchev–Trinajstić information content (AvgIpc) is 3.06. The summed E-state index contributed by atoms with van der Waals surface area (Å²) in [4.78, 5) is 4.36. The Hall–Kier alpha value is -3.29. The minimum atomic E-state index is -0.300. The number of fused-ring (bicyclic) bond motifs is 1. The number of benzene rings is 3. The first kappa shape index (κ1) is 31.1. The summed E-state index contributed by atoms with van der Waals surface area (Å²) in [6, 6.07) is 30.7. The molecule has 0 radical (unpaired) electrons. The molecule has 0 aliphatic carbocycles. The van der Waals surface area contributed by atoms with Gasteiger partial charge in [0.2, 0.25) is 0 Å². The van der Waals surface area contributed by atoms with Crippen LogP contribution < -0.4 is 4.74 Å². The molecule has 2 heterocycles. The zero-order valence-electron chi connectivity index (χ0n) is 25.2. The lowest BCUT2D eigenvalue weighted by atomic mass is 10.0. The molecule has 1 aromatic heterocycles. The van der Waals surface area contributed by atoms with Crippen molar-refractivity contribution in [1.29, 1.82) is 0 Å². The van der Waals surface area contributed by atoms with Gasteiger partial charge >= 0.3 is 0 Å². The zero-order chi connectivity index (χ0) is 29.4. The Kier molecular flexibility index (Phi) is 12.8. The molecular formula is C37H45NO5.